The van der Waals surface area contributed by atoms with Crippen LogP contribution in [-0.4, -0.2) is 11.1 Å². The van der Waals surface area contributed by atoms with Gasteiger partial charge in [-0.2, -0.15) is 0 Å². The number of rotatable bonds is 9. The van der Waals surface area contributed by atoms with Crippen molar-refractivity contribution in [1.82, 2.24) is 0 Å². The first-order valence-electron chi connectivity index (χ1n) is 11.4. The Kier molecular flexibility index (Phi) is 7.31. The number of hydrogen-bond donors (Lipinski definition) is 1. The minimum atomic E-state index is -1.01. The number of aryl methyl sites for hydroxylation is 2. The average Bonchev–Trinajstić information content (AvgIpc) is 2.84. The molecule has 0 aliphatic carbocycles. The smallest absolute Gasteiger partial charge is 0.306 e. The topological polar surface area (TPSA) is 37.3 Å². The molecule has 2 nitrogen and oxygen atoms in total. The molecule has 1 atom stereocenters. The Labute approximate surface area is 196 Å². The van der Waals surface area contributed by atoms with Crippen LogP contribution in [0.3, 0.4) is 0 Å². The monoisotopic (exact) mass is 462 g/mol. The molecule has 4 rings (SSSR count). The summed E-state index contributed by atoms with van der Waals surface area (Å²) in [6.07, 6.45) is 2.23. The summed E-state index contributed by atoms with van der Waals surface area (Å²) in [5.74, 6) is -4.02. The highest BCUT2D eigenvalue weighted by atomic mass is 19.2. The van der Waals surface area contributed by atoms with E-state index in [9.17, 15) is 23.1 Å². The van der Waals surface area contributed by atoms with Crippen LogP contribution in [0.15, 0.2) is 78.9 Å². The van der Waals surface area contributed by atoms with Crippen LogP contribution in [0.25, 0.3) is 21.9 Å². The first-order chi connectivity index (χ1) is 16.4. The molecule has 0 saturated carbocycles. The Morgan fingerprint density at radius 1 is 0.735 bits per heavy atom. The second-order valence-electron chi connectivity index (χ2n) is 8.51. The van der Waals surface area contributed by atoms with E-state index in [0.717, 1.165) is 17.2 Å². The van der Waals surface area contributed by atoms with Crippen LogP contribution in [0.4, 0.5) is 13.2 Å². The van der Waals surface area contributed by atoms with Gasteiger partial charge in [-0.15, -0.1) is 0 Å². The van der Waals surface area contributed by atoms with Crippen molar-refractivity contribution in [2.45, 2.75) is 32.1 Å². The van der Waals surface area contributed by atoms with Gasteiger partial charge in [0.1, 0.15) is 5.82 Å². The maximum Gasteiger partial charge on any atom is 0.306 e. The second-order valence-corrected chi connectivity index (χ2v) is 8.51. The predicted molar refractivity (Wildman–Crippen MR) is 128 cm³/mol. The van der Waals surface area contributed by atoms with E-state index in [1.165, 1.54) is 42.0 Å². The Balaban J connectivity index is 1.40. The quantitative estimate of drug-likeness (QED) is 0.278. The predicted octanol–water partition coefficient (Wildman–Crippen LogP) is 7.58. The molecule has 174 valence electrons. The van der Waals surface area contributed by atoms with E-state index in [1.54, 1.807) is 0 Å². The summed E-state index contributed by atoms with van der Waals surface area (Å²) in [5, 5.41) is 12.0. The van der Waals surface area contributed by atoms with Gasteiger partial charge < -0.3 is 5.11 Å². The van der Waals surface area contributed by atoms with Crippen molar-refractivity contribution in [3.8, 4) is 11.1 Å². The van der Waals surface area contributed by atoms with Gasteiger partial charge in [-0.05, 0) is 71.7 Å². The lowest BCUT2D eigenvalue weighted by Gasteiger charge is -2.14. The van der Waals surface area contributed by atoms with E-state index in [1.807, 2.05) is 30.3 Å². The minimum absolute atomic E-state index is 0.0473. The van der Waals surface area contributed by atoms with E-state index in [2.05, 4.69) is 12.1 Å². The second kappa shape index (κ2) is 10.6. The molecule has 5 heteroatoms. The van der Waals surface area contributed by atoms with Crippen LogP contribution in [0, 0.1) is 23.4 Å². The lowest BCUT2D eigenvalue weighted by Crippen LogP contribution is -2.15. The molecule has 34 heavy (non-hydrogen) atoms. The number of halogens is 3. The van der Waals surface area contributed by atoms with Crippen molar-refractivity contribution in [2.75, 3.05) is 0 Å². The summed E-state index contributed by atoms with van der Waals surface area (Å²) >= 11 is 0. The number of hydrogen-bond acceptors (Lipinski definition) is 1. The lowest BCUT2D eigenvalue weighted by molar-refractivity contribution is -0.142. The summed E-state index contributed by atoms with van der Waals surface area (Å²) in [4.78, 5) is 11.8. The molecule has 4 aromatic rings. The van der Waals surface area contributed by atoms with Gasteiger partial charge in [0.25, 0.3) is 0 Å². The summed E-state index contributed by atoms with van der Waals surface area (Å²) in [5.41, 5.74) is 1.74. The zero-order chi connectivity index (χ0) is 24.1. The highest BCUT2D eigenvalue weighted by molar-refractivity contribution is 5.85. The first kappa shape index (κ1) is 23.6. The highest BCUT2D eigenvalue weighted by Gasteiger charge is 2.20. The molecule has 0 radical (unpaired) electrons. The number of carboxylic acid groups (broad SMARTS) is 1. The van der Waals surface area contributed by atoms with Gasteiger partial charge >= 0.3 is 5.97 Å². The molecule has 0 heterocycles. The summed E-state index contributed by atoms with van der Waals surface area (Å²) in [6, 6.07) is 22.3. The van der Waals surface area contributed by atoms with Crippen LogP contribution in [0.5, 0.6) is 0 Å². The highest BCUT2D eigenvalue weighted by Crippen LogP contribution is 2.28. The molecule has 0 spiro atoms. The van der Waals surface area contributed by atoms with E-state index < -0.39 is 29.3 Å². The fraction of sp³-hybridized carbons (Fsp3) is 0.207. The summed E-state index contributed by atoms with van der Waals surface area (Å²) in [7, 11) is 0. The van der Waals surface area contributed by atoms with Gasteiger partial charge in [-0.1, -0.05) is 66.7 Å². The number of carboxylic acids is 1. The van der Waals surface area contributed by atoms with Crippen molar-refractivity contribution in [3.05, 3.63) is 107 Å². The van der Waals surface area contributed by atoms with E-state index in [0.29, 0.717) is 18.4 Å². The van der Waals surface area contributed by atoms with Gasteiger partial charge in [0.15, 0.2) is 11.6 Å². The van der Waals surface area contributed by atoms with E-state index >= 15 is 0 Å². The van der Waals surface area contributed by atoms with Crippen LogP contribution >= 0.6 is 0 Å². The van der Waals surface area contributed by atoms with Gasteiger partial charge in [0.05, 0.1) is 5.92 Å². The minimum Gasteiger partial charge on any atom is -0.481 e. The number of aliphatic carboxylic acids is 1. The first-order valence-corrected chi connectivity index (χ1v) is 11.4. The third-order valence-corrected chi connectivity index (χ3v) is 6.31. The summed E-state index contributed by atoms with van der Waals surface area (Å²) in [6.45, 7) is 0. The van der Waals surface area contributed by atoms with Crippen molar-refractivity contribution in [2.24, 2.45) is 5.92 Å². The van der Waals surface area contributed by atoms with Crippen LogP contribution in [0.2, 0.25) is 0 Å². The van der Waals surface area contributed by atoms with Crippen molar-refractivity contribution >= 4 is 16.7 Å². The normalized spacial score (nSPS) is 12.1. The molecule has 4 aromatic carbocycles. The van der Waals surface area contributed by atoms with Gasteiger partial charge in [0.2, 0.25) is 0 Å². The van der Waals surface area contributed by atoms with Crippen molar-refractivity contribution in [1.29, 1.82) is 0 Å². The molecule has 0 aliphatic heterocycles. The van der Waals surface area contributed by atoms with Crippen LogP contribution < -0.4 is 0 Å². The van der Waals surface area contributed by atoms with Crippen molar-refractivity contribution in [3.63, 3.8) is 0 Å². The van der Waals surface area contributed by atoms with Gasteiger partial charge in [-0.3, -0.25) is 4.79 Å². The maximum absolute atomic E-state index is 14.7. The molecule has 0 saturated heterocycles. The molecular formula is C29H25F3O2. The largest absolute Gasteiger partial charge is 0.481 e. The molecule has 0 aliphatic rings. The Hall–Kier alpha value is -3.60. The van der Waals surface area contributed by atoms with E-state index in [4.69, 9.17) is 0 Å². The number of benzene rings is 4. The van der Waals surface area contributed by atoms with Gasteiger partial charge in [-0.25, -0.2) is 13.2 Å². The number of fused-ring (bicyclic) bond motifs is 1. The van der Waals surface area contributed by atoms with Crippen molar-refractivity contribution < 1.29 is 23.1 Å². The number of carbonyl (C=O) groups is 1. The molecule has 0 aromatic heterocycles. The fourth-order valence-corrected chi connectivity index (χ4v) is 4.41. The Morgan fingerprint density at radius 3 is 2.24 bits per heavy atom. The zero-order valence-electron chi connectivity index (χ0n) is 18.6. The molecule has 0 amide bonds. The van der Waals surface area contributed by atoms with Gasteiger partial charge in [0, 0.05) is 5.56 Å². The maximum atomic E-state index is 14.7. The SMILES string of the molecule is O=C(O)C(CCCc1cccc2ccccc12)CCc1ccc(-c2ccc(F)cc2)c(F)c1F. The molecule has 1 unspecified atom stereocenters. The van der Waals surface area contributed by atoms with Crippen LogP contribution in [0.1, 0.15) is 30.4 Å². The van der Waals surface area contributed by atoms with E-state index in [-0.39, 0.29) is 24.0 Å². The molecular weight excluding hydrogens is 437 g/mol. The Morgan fingerprint density at radius 2 is 1.47 bits per heavy atom. The average molecular weight is 463 g/mol. The third-order valence-electron chi connectivity index (χ3n) is 6.31. The third kappa shape index (κ3) is 5.30. The molecule has 0 fully saturated rings. The Bertz CT molecular complexity index is 1290. The van der Waals surface area contributed by atoms with Crippen LogP contribution in [-0.2, 0) is 17.6 Å². The standard InChI is InChI=1S/C29H25F3O2/c30-24-16-13-21(14-17-24)26-18-15-22(27(31)28(26)32)11-12-23(29(33)34)9-4-8-20-7-3-6-19-5-1-2-10-25(19)20/h1-3,5-7,10,13-18,23H,4,8-9,11-12H2,(H,33,34). The fourth-order valence-electron chi connectivity index (χ4n) is 4.41. The zero-order valence-corrected chi connectivity index (χ0v) is 18.6. The molecule has 0 bridgehead atoms. The molecule has 1 N–H and O–H groups in total. The summed E-state index contributed by atoms with van der Waals surface area (Å²) < 4.78 is 42.5. The lowest BCUT2D eigenvalue weighted by atomic mass is 9.91.